The number of hydrogen-bond donors (Lipinski definition) is 3. The van der Waals surface area contributed by atoms with Gasteiger partial charge in [-0.05, 0) is 43.4 Å². The Labute approximate surface area is 511 Å². The number of unbranched alkanes of at least 4 members (excludes halogenated alkanes) is 31. The van der Waals surface area contributed by atoms with Gasteiger partial charge >= 0.3 is 39.5 Å². The van der Waals surface area contributed by atoms with Crippen molar-refractivity contribution in [3.63, 3.8) is 0 Å². The summed E-state index contributed by atoms with van der Waals surface area (Å²) in [6.07, 6.45) is 37.8. The van der Waals surface area contributed by atoms with Crippen LogP contribution >= 0.6 is 15.6 Å². The molecule has 17 nitrogen and oxygen atoms in total. The van der Waals surface area contributed by atoms with Gasteiger partial charge in [0.25, 0.3) is 0 Å². The van der Waals surface area contributed by atoms with Crippen molar-refractivity contribution in [2.45, 2.75) is 336 Å². The molecule has 0 bridgehead atoms. The average Bonchev–Trinajstić information content (AvgIpc) is 3.45. The van der Waals surface area contributed by atoms with Crippen LogP contribution in [0.25, 0.3) is 0 Å². The molecule has 0 aromatic heterocycles. The highest BCUT2D eigenvalue weighted by atomic mass is 31.2. The normalized spacial score (nSPS) is 14.3. The van der Waals surface area contributed by atoms with Crippen LogP contribution in [0, 0.1) is 17.8 Å². The van der Waals surface area contributed by atoms with Crippen molar-refractivity contribution in [3.8, 4) is 0 Å². The Hall–Kier alpha value is -1.94. The molecular formula is C65H126O17P2. The van der Waals surface area contributed by atoms with Crippen LogP contribution in [0.4, 0.5) is 0 Å². The molecule has 0 saturated carbocycles. The second-order valence-corrected chi connectivity index (χ2v) is 27.8. The maximum Gasteiger partial charge on any atom is 0.472 e. The number of hydrogen-bond acceptors (Lipinski definition) is 15. The molecule has 5 atom stereocenters. The van der Waals surface area contributed by atoms with Crippen LogP contribution in [0.2, 0.25) is 0 Å². The van der Waals surface area contributed by atoms with E-state index in [-0.39, 0.29) is 25.7 Å². The summed E-state index contributed by atoms with van der Waals surface area (Å²) in [4.78, 5) is 72.2. The van der Waals surface area contributed by atoms with Gasteiger partial charge in [-0.15, -0.1) is 0 Å². The Morgan fingerprint density at radius 3 is 0.810 bits per heavy atom. The first-order valence-corrected chi connectivity index (χ1v) is 36.8. The van der Waals surface area contributed by atoms with Gasteiger partial charge in [0.15, 0.2) is 12.2 Å². The van der Waals surface area contributed by atoms with Crippen LogP contribution in [0.15, 0.2) is 0 Å². The van der Waals surface area contributed by atoms with Gasteiger partial charge in [0.1, 0.15) is 19.3 Å². The highest BCUT2D eigenvalue weighted by Gasteiger charge is 2.30. The van der Waals surface area contributed by atoms with Gasteiger partial charge in [-0.25, -0.2) is 9.13 Å². The molecule has 0 amide bonds. The third kappa shape index (κ3) is 59.0. The molecule has 498 valence electrons. The Bertz CT molecular complexity index is 1660. The molecule has 0 saturated heterocycles. The Morgan fingerprint density at radius 2 is 0.548 bits per heavy atom. The number of aliphatic hydroxyl groups is 1. The van der Waals surface area contributed by atoms with Crippen molar-refractivity contribution in [1.29, 1.82) is 0 Å². The maximum atomic E-state index is 13.0. The molecule has 0 aliphatic carbocycles. The second-order valence-electron chi connectivity index (χ2n) is 24.9. The monoisotopic (exact) mass is 1240 g/mol. The van der Waals surface area contributed by atoms with E-state index >= 15 is 0 Å². The van der Waals surface area contributed by atoms with E-state index in [0.29, 0.717) is 37.5 Å². The minimum Gasteiger partial charge on any atom is -0.462 e. The van der Waals surface area contributed by atoms with E-state index in [1.54, 1.807) is 0 Å². The predicted molar refractivity (Wildman–Crippen MR) is 335 cm³/mol. The smallest absolute Gasteiger partial charge is 0.462 e. The number of carbonyl (C=O) groups is 4. The lowest BCUT2D eigenvalue weighted by Crippen LogP contribution is -2.30. The van der Waals surface area contributed by atoms with Gasteiger partial charge in [-0.2, -0.15) is 0 Å². The minimum absolute atomic E-state index is 0.102. The molecule has 0 aliphatic heterocycles. The topological polar surface area (TPSA) is 237 Å². The predicted octanol–water partition coefficient (Wildman–Crippen LogP) is 17.9. The SMILES string of the molecule is CCCCCCCCCCCCCCCCC(=O)O[C@H](COC(=O)CCCCCCCCCCC(C)C)COP(=O)(O)OC[C@@H](O)COP(=O)(O)OC[C@@H](COC(=O)CCCCCCCCC(C)C)OC(=O)CCCCCCCCCC(C)C. The van der Waals surface area contributed by atoms with Crippen LogP contribution in [0.3, 0.4) is 0 Å². The van der Waals surface area contributed by atoms with Crippen LogP contribution in [0.5, 0.6) is 0 Å². The second kappa shape index (κ2) is 56.3. The summed E-state index contributed by atoms with van der Waals surface area (Å²) in [5.41, 5.74) is 0. The maximum absolute atomic E-state index is 13.0. The number of phosphoric ester groups is 2. The average molecular weight is 1240 g/mol. The zero-order valence-corrected chi connectivity index (χ0v) is 56.1. The van der Waals surface area contributed by atoms with Crippen LogP contribution in [-0.4, -0.2) is 96.7 Å². The Balaban J connectivity index is 5.24. The molecule has 2 unspecified atom stereocenters. The van der Waals surface area contributed by atoms with Gasteiger partial charge in [-0.3, -0.25) is 37.3 Å². The van der Waals surface area contributed by atoms with E-state index in [9.17, 15) is 43.2 Å². The van der Waals surface area contributed by atoms with Crippen LogP contribution in [-0.2, 0) is 65.4 Å². The number of carbonyl (C=O) groups excluding carboxylic acids is 4. The van der Waals surface area contributed by atoms with Gasteiger partial charge in [0.2, 0.25) is 0 Å². The van der Waals surface area contributed by atoms with Gasteiger partial charge in [0.05, 0.1) is 26.4 Å². The van der Waals surface area contributed by atoms with E-state index < -0.39 is 97.5 Å². The molecule has 0 aromatic rings. The van der Waals surface area contributed by atoms with E-state index in [4.69, 9.17) is 37.0 Å². The van der Waals surface area contributed by atoms with Gasteiger partial charge in [-0.1, -0.05) is 267 Å². The number of ether oxygens (including phenoxy) is 4. The van der Waals surface area contributed by atoms with Crippen molar-refractivity contribution in [2.75, 3.05) is 39.6 Å². The third-order valence-corrected chi connectivity index (χ3v) is 16.8. The summed E-state index contributed by atoms with van der Waals surface area (Å²) >= 11 is 0. The fourth-order valence-electron chi connectivity index (χ4n) is 9.66. The number of rotatable bonds is 63. The number of aliphatic hydroxyl groups excluding tert-OH is 1. The first-order valence-electron chi connectivity index (χ1n) is 33.8. The van der Waals surface area contributed by atoms with E-state index in [0.717, 1.165) is 102 Å². The fourth-order valence-corrected chi connectivity index (χ4v) is 11.2. The summed E-state index contributed by atoms with van der Waals surface area (Å²) in [5.74, 6) is -0.0357. The van der Waals surface area contributed by atoms with E-state index in [1.807, 2.05) is 0 Å². The Morgan fingerprint density at radius 1 is 0.321 bits per heavy atom. The minimum atomic E-state index is -4.95. The zero-order chi connectivity index (χ0) is 62.4. The summed E-state index contributed by atoms with van der Waals surface area (Å²) in [6.45, 7) is 11.6. The van der Waals surface area contributed by atoms with Crippen LogP contribution in [0.1, 0.15) is 318 Å². The van der Waals surface area contributed by atoms with Crippen molar-refractivity contribution in [3.05, 3.63) is 0 Å². The molecule has 0 fully saturated rings. The lowest BCUT2D eigenvalue weighted by atomic mass is 10.0. The lowest BCUT2D eigenvalue weighted by Gasteiger charge is -2.21. The first kappa shape index (κ1) is 82.1. The van der Waals surface area contributed by atoms with Crippen molar-refractivity contribution in [2.24, 2.45) is 17.8 Å². The van der Waals surface area contributed by atoms with Crippen molar-refractivity contribution in [1.82, 2.24) is 0 Å². The molecule has 0 radical (unpaired) electrons. The van der Waals surface area contributed by atoms with Crippen LogP contribution < -0.4 is 0 Å². The molecule has 3 N–H and O–H groups in total. The summed E-state index contributed by atoms with van der Waals surface area (Å²) in [5, 5.41) is 10.5. The molecule has 0 aromatic carbocycles. The molecule has 84 heavy (non-hydrogen) atoms. The molecule has 19 heteroatoms. The van der Waals surface area contributed by atoms with Crippen molar-refractivity contribution < 1.29 is 80.2 Å². The quantitative estimate of drug-likeness (QED) is 0.0222. The highest BCUT2D eigenvalue weighted by Crippen LogP contribution is 2.45. The van der Waals surface area contributed by atoms with E-state index in [1.165, 1.54) is 122 Å². The van der Waals surface area contributed by atoms with Gasteiger partial charge in [0, 0.05) is 25.7 Å². The molecular weight excluding hydrogens is 1110 g/mol. The van der Waals surface area contributed by atoms with Crippen molar-refractivity contribution >= 4 is 39.5 Å². The third-order valence-electron chi connectivity index (χ3n) is 14.9. The largest absolute Gasteiger partial charge is 0.472 e. The lowest BCUT2D eigenvalue weighted by molar-refractivity contribution is -0.161. The summed E-state index contributed by atoms with van der Waals surface area (Å²) < 4.78 is 68.0. The van der Waals surface area contributed by atoms with E-state index in [2.05, 4.69) is 48.5 Å². The molecule has 0 aliphatic rings. The summed E-state index contributed by atoms with van der Waals surface area (Å²) in [6, 6.07) is 0. The standard InChI is InChI=1S/C65H126O17P2/c1-8-9-10-11-12-13-14-15-16-17-18-25-34-41-48-64(69)81-60(52-75-62(67)46-39-32-24-20-19-22-29-36-43-56(2)3)54-79-83(71,72)77-50-59(66)51-78-84(73,74)80-55-61(53-76-63(68)47-40-33-28-27-31-38-45-58(6)7)82-65(70)49-42-35-26-21-23-30-37-44-57(4)5/h56-61,66H,8-55H2,1-7H3,(H,71,72)(H,73,74)/t59-,60-,61-/m1/s1. The molecule has 0 spiro atoms. The zero-order valence-electron chi connectivity index (χ0n) is 54.4. The molecule has 0 heterocycles. The molecule has 0 rings (SSSR count). The fraction of sp³-hybridized carbons (Fsp3) is 0.938. The number of phosphoric acid groups is 2. The first-order chi connectivity index (χ1) is 40.2. The summed E-state index contributed by atoms with van der Waals surface area (Å²) in [7, 11) is -9.89. The number of esters is 4. The Kier molecular flexibility index (Phi) is 55.0. The highest BCUT2D eigenvalue weighted by molar-refractivity contribution is 7.47. The van der Waals surface area contributed by atoms with Gasteiger partial charge < -0.3 is 33.8 Å².